The molecule has 0 spiro atoms. The highest BCUT2D eigenvalue weighted by atomic mass is 35.5. The fourth-order valence-corrected chi connectivity index (χ4v) is 3.64. The first-order chi connectivity index (χ1) is 13.0. The van der Waals surface area contributed by atoms with E-state index in [1.165, 1.54) is 0 Å². The number of aromatic amines is 1. The van der Waals surface area contributed by atoms with Crippen LogP contribution in [0.4, 0.5) is 0 Å². The van der Waals surface area contributed by atoms with E-state index in [0.29, 0.717) is 42.5 Å². The molecule has 2 amide bonds. The molecule has 1 aliphatic rings. The molecule has 0 atom stereocenters. The Balaban J connectivity index is 1.43. The summed E-state index contributed by atoms with van der Waals surface area (Å²) in [5, 5.41) is 1.56. The van der Waals surface area contributed by atoms with Crippen molar-refractivity contribution in [2.24, 2.45) is 0 Å². The van der Waals surface area contributed by atoms with Crippen LogP contribution in [0.1, 0.15) is 26.4 Å². The number of aromatic nitrogens is 1. The van der Waals surface area contributed by atoms with Crippen molar-refractivity contribution in [3.05, 3.63) is 70.4 Å². The van der Waals surface area contributed by atoms with Gasteiger partial charge in [-0.25, -0.2) is 0 Å². The lowest BCUT2D eigenvalue weighted by Crippen LogP contribution is -2.50. The second kappa shape index (κ2) is 7.08. The molecule has 0 aliphatic carbocycles. The standard InChI is InChI=1S/C21H20ClN3O2/c1-14-3-2-4-15(11-14)20(26)24-7-9-25(10-8-24)21(27)19-13-16-12-17(22)5-6-18(16)23-19/h2-6,11-13,23H,7-10H2,1H3. The van der Waals surface area contributed by atoms with Gasteiger partial charge in [0.05, 0.1) is 0 Å². The summed E-state index contributed by atoms with van der Waals surface area (Å²) in [7, 11) is 0. The fraction of sp³-hybridized carbons (Fsp3) is 0.238. The molecule has 0 radical (unpaired) electrons. The van der Waals surface area contributed by atoms with Crippen molar-refractivity contribution in [2.45, 2.75) is 6.92 Å². The van der Waals surface area contributed by atoms with Crippen molar-refractivity contribution >= 4 is 34.3 Å². The van der Waals surface area contributed by atoms with Gasteiger partial charge in [0.2, 0.25) is 0 Å². The Bertz CT molecular complexity index is 1020. The third kappa shape index (κ3) is 3.55. The molecular formula is C21H20ClN3O2. The molecule has 1 aliphatic heterocycles. The number of nitrogens with zero attached hydrogens (tertiary/aromatic N) is 2. The van der Waals surface area contributed by atoms with Gasteiger partial charge in [-0.15, -0.1) is 0 Å². The van der Waals surface area contributed by atoms with Crippen molar-refractivity contribution in [2.75, 3.05) is 26.2 Å². The maximum atomic E-state index is 12.8. The zero-order valence-corrected chi connectivity index (χ0v) is 15.8. The van der Waals surface area contributed by atoms with Crippen molar-refractivity contribution in [3.63, 3.8) is 0 Å². The van der Waals surface area contributed by atoms with Gasteiger partial charge in [0.1, 0.15) is 5.69 Å². The zero-order chi connectivity index (χ0) is 19.0. The van der Waals surface area contributed by atoms with Crippen LogP contribution in [0.25, 0.3) is 10.9 Å². The lowest BCUT2D eigenvalue weighted by atomic mass is 10.1. The molecule has 1 fully saturated rings. The molecule has 6 heteroatoms. The Labute approximate surface area is 162 Å². The van der Waals surface area contributed by atoms with E-state index in [2.05, 4.69) is 4.98 Å². The summed E-state index contributed by atoms with van der Waals surface area (Å²) in [4.78, 5) is 32.2. The smallest absolute Gasteiger partial charge is 0.270 e. The van der Waals surface area contributed by atoms with Gasteiger partial charge in [-0.1, -0.05) is 29.3 Å². The van der Waals surface area contributed by atoms with Gasteiger partial charge < -0.3 is 14.8 Å². The predicted octanol–water partition coefficient (Wildman–Crippen LogP) is 3.73. The molecule has 0 unspecified atom stereocenters. The summed E-state index contributed by atoms with van der Waals surface area (Å²) in [5.74, 6) is -0.0315. The van der Waals surface area contributed by atoms with E-state index in [1.807, 2.05) is 54.3 Å². The SMILES string of the molecule is Cc1cccc(C(=O)N2CCN(C(=O)c3cc4cc(Cl)ccc4[nH]3)CC2)c1. The monoisotopic (exact) mass is 381 g/mol. The molecule has 138 valence electrons. The molecule has 3 aromatic rings. The van der Waals surface area contributed by atoms with Gasteiger partial charge in [-0.2, -0.15) is 0 Å². The summed E-state index contributed by atoms with van der Waals surface area (Å²) >= 11 is 6.02. The molecule has 2 heterocycles. The summed E-state index contributed by atoms with van der Waals surface area (Å²) in [5.41, 5.74) is 3.19. The first-order valence-corrected chi connectivity index (χ1v) is 9.32. The quantitative estimate of drug-likeness (QED) is 0.735. The minimum Gasteiger partial charge on any atom is -0.351 e. The van der Waals surface area contributed by atoms with Crippen LogP contribution in [0.5, 0.6) is 0 Å². The third-order valence-electron chi connectivity index (χ3n) is 4.93. The predicted molar refractivity (Wildman–Crippen MR) is 106 cm³/mol. The average Bonchev–Trinajstić information content (AvgIpc) is 3.10. The van der Waals surface area contributed by atoms with E-state index in [9.17, 15) is 9.59 Å². The van der Waals surface area contributed by atoms with Crippen molar-refractivity contribution < 1.29 is 9.59 Å². The largest absolute Gasteiger partial charge is 0.351 e. The highest BCUT2D eigenvalue weighted by Crippen LogP contribution is 2.21. The number of amides is 2. The lowest BCUT2D eigenvalue weighted by molar-refractivity contribution is 0.0533. The molecule has 0 saturated carbocycles. The maximum absolute atomic E-state index is 12.8. The minimum atomic E-state index is -0.0509. The van der Waals surface area contributed by atoms with Gasteiger partial charge in [0.25, 0.3) is 11.8 Å². The number of piperazine rings is 1. The summed E-state index contributed by atoms with van der Waals surface area (Å²) < 4.78 is 0. The van der Waals surface area contributed by atoms with E-state index in [-0.39, 0.29) is 11.8 Å². The van der Waals surface area contributed by atoms with Crippen molar-refractivity contribution in [1.29, 1.82) is 0 Å². The van der Waals surface area contributed by atoms with E-state index in [0.717, 1.165) is 16.5 Å². The molecule has 1 N–H and O–H groups in total. The molecule has 1 saturated heterocycles. The van der Waals surface area contributed by atoms with Crippen LogP contribution in [0.15, 0.2) is 48.5 Å². The Hall–Kier alpha value is -2.79. The Morgan fingerprint density at radius 2 is 1.63 bits per heavy atom. The number of aryl methyl sites for hydroxylation is 1. The van der Waals surface area contributed by atoms with Gasteiger partial charge in [0, 0.05) is 47.7 Å². The van der Waals surface area contributed by atoms with Crippen LogP contribution in [-0.4, -0.2) is 52.8 Å². The van der Waals surface area contributed by atoms with E-state index >= 15 is 0 Å². The van der Waals surface area contributed by atoms with Gasteiger partial charge >= 0.3 is 0 Å². The zero-order valence-electron chi connectivity index (χ0n) is 15.0. The van der Waals surface area contributed by atoms with Gasteiger partial charge in [-0.3, -0.25) is 9.59 Å². The minimum absolute atomic E-state index is 0.0195. The summed E-state index contributed by atoms with van der Waals surface area (Å²) in [6.45, 7) is 4.08. The molecule has 4 rings (SSSR count). The van der Waals surface area contributed by atoms with Crippen LogP contribution in [0.3, 0.4) is 0 Å². The number of benzene rings is 2. The number of nitrogens with one attached hydrogen (secondary N) is 1. The first-order valence-electron chi connectivity index (χ1n) is 8.95. The molecule has 5 nitrogen and oxygen atoms in total. The molecule has 27 heavy (non-hydrogen) atoms. The Morgan fingerprint density at radius 3 is 2.33 bits per heavy atom. The normalized spacial score (nSPS) is 14.6. The first kappa shape index (κ1) is 17.6. The number of hydrogen-bond donors (Lipinski definition) is 1. The van der Waals surface area contributed by atoms with Gasteiger partial charge in [0.15, 0.2) is 0 Å². The fourth-order valence-electron chi connectivity index (χ4n) is 3.46. The van der Waals surface area contributed by atoms with Crippen molar-refractivity contribution in [1.82, 2.24) is 14.8 Å². The van der Waals surface area contributed by atoms with Gasteiger partial charge in [-0.05, 0) is 43.3 Å². The number of carbonyl (C=O) groups excluding carboxylic acids is 2. The van der Waals surface area contributed by atoms with Crippen LogP contribution in [-0.2, 0) is 0 Å². The Morgan fingerprint density at radius 1 is 0.926 bits per heavy atom. The second-order valence-electron chi connectivity index (χ2n) is 6.87. The maximum Gasteiger partial charge on any atom is 0.270 e. The van der Waals surface area contributed by atoms with Crippen LogP contribution >= 0.6 is 11.6 Å². The number of H-pyrrole nitrogens is 1. The number of carbonyl (C=O) groups is 2. The average molecular weight is 382 g/mol. The van der Waals surface area contributed by atoms with Crippen LogP contribution in [0, 0.1) is 6.92 Å². The summed E-state index contributed by atoms with van der Waals surface area (Å²) in [6.07, 6.45) is 0. The highest BCUT2D eigenvalue weighted by molar-refractivity contribution is 6.31. The molecule has 1 aromatic heterocycles. The molecule has 2 aromatic carbocycles. The topological polar surface area (TPSA) is 56.4 Å². The Kier molecular flexibility index (Phi) is 4.62. The highest BCUT2D eigenvalue weighted by Gasteiger charge is 2.26. The van der Waals surface area contributed by atoms with E-state index in [4.69, 9.17) is 11.6 Å². The second-order valence-corrected chi connectivity index (χ2v) is 7.30. The third-order valence-corrected chi connectivity index (χ3v) is 5.17. The van der Waals surface area contributed by atoms with E-state index < -0.39 is 0 Å². The van der Waals surface area contributed by atoms with Crippen LogP contribution < -0.4 is 0 Å². The van der Waals surface area contributed by atoms with Crippen LogP contribution in [0.2, 0.25) is 5.02 Å². The van der Waals surface area contributed by atoms with E-state index in [1.54, 1.807) is 11.0 Å². The molecule has 0 bridgehead atoms. The molecular weight excluding hydrogens is 362 g/mol. The summed E-state index contributed by atoms with van der Waals surface area (Å²) in [6, 6.07) is 14.9. The number of hydrogen-bond acceptors (Lipinski definition) is 2. The number of rotatable bonds is 2. The lowest BCUT2D eigenvalue weighted by Gasteiger charge is -2.34. The number of fused-ring (bicyclic) bond motifs is 1. The number of halogens is 1. The van der Waals surface area contributed by atoms with Crippen molar-refractivity contribution in [3.8, 4) is 0 Å².